The van der Waals surface area contributed by atoms with Crippen molar-refractivity contribution in [3.05, 3.63) is 34.9 Å². The smallest absolute Gasteiger partial charge is 0.157 e. The van der Waals surface area contributed by atoms with Crippen molar-refractivity contribution in [1.29, 1.82) is 0 Å². The van der Waals surface area contributed by atoms with Gasteiger partial charge in [-0.3, -0.25) is 0 Å². The van der Waals surface area contributed by atoms with Crippen molar-refractivity contribution in [2.45, 2.75) is 51.7 Å². The molecule has 0 saturated carbocycles. The van der Waals surface area contributed by atoms with E-state index >= 15 is 0 Å². The molecule has 3 heteroatoms. The van der Waals surface area contributed by atoms with Crippen molar-refractivity contribution in [3.8, 4) is 0 Å². The fourth-order valence-corrected chi connectivity index (χ4v) is 2.74. The second-order valence-electron chi connectivity index (χ2n) is 5.62. The predicted molar refractivity (Wildman–Crippen MR) is 83.1 cm³/mol. The highest BCUT2D eigenvalue weighted by Crippen LogP contribution is 2.19. The van der Waals surface area contributed by atoms with Crippen LogP contribution in [0, 0.1) is 5.92 Å². The summed E-state index contributed by atoms with van der Waals surface area (Å²) in [4.78, 5) is 0. The highest BCUT2D eigenvalue weighted by molar-refractivity contribution is 6.30. The zero-order chi connectivity index (χ0) is 14.2. The van der Waals surface area contributed by atoms with Crippen molar-refractivity contribution in [1.82, 2.24) is 0 Å². The maximum absolute atomic E-state index is 5.88. The van der Waals surface area contributed by atoms with E-state index in [-0.39, 0.29) is 6.29 Å². The van der Waals surface area contributed by atoms with E-state index in [4.69, 9.17) is 21.1 Å². The van der Waals surface area contributed by atoms with E-state index in [0.717, 1.165) is 37.5 Å². The van der Waals surface area contributed by atoms with E-state index in [1.807, 2.05) is 12.1 Å². The molecule has 112 valence electrons. The lowest BCUT2D eigenvalue weighted by Gasteiger charge is -2.29. The molecule has 0 atom stereocenters. The third-order valence-corrected chi connectivity index (χ3v) is 4.05. The molecule has 1 aliphatic heterocycles. The Bertz CT molecular complexity index is 369. The number of rotatable bonds is 7. The summed E-state index contributed by atoms with van der Waals surface area (Å²) < 4.78 is 11.5. The van der Waals surface area contributed by atoms with Gasteiger partial charge in [0.05, 0.1) is 13.2 Å². The van der Waals surface area contributed by atoms with Gasteiger partial charge in [-0.1, -0.05) is 37.1 Å². The van der Waals surface area contributed by atoms with Crippen LogP contribution in [0.3, 0.4) is 0 Å². The molecule has 0 radical (unpaired) electrons. The summed E-state index contributed by atoms with van der Waals surface area (Å²) in [5.74, 6) is 0.602. The zero-order valence-corrected chi connectivity index (χ0v) is 13.1. The van der Waals surface area contributed by atoms with Crippen LogP contribution in [0.25, 0.3) is 0 Å². The maximum Gasteiger partial charge on any atom is 0.157 e. The van der Waals surface area contributed by atoms with Gasteiger partial charge >= 0.3 is 0 Å². The molecule has 1 fully saturated rings. The van der Waals surface area contributed by atoms with Gasteiger partial charge in [0.25, 0.3) is 0 Å². The normalized spacial score (nSPS) is 22.9. The molecule has 0 aliphatic carbocycles. The van der Waals surface area contributed by atoms with Crippen LogP contribution in [0.1, 0.15) is 44.6 Å². The van der Waals surface area contributed by atoms with Crippen molar-refractivity contribution < 1.29 is 9.47 Å². The largest absolute Gasteiger partial charge is 0.352 e. The topological polar surface area (TPSA) is 18.5 Å². The van der Waals surface area contributed by atoms with E-state index in [2.05, 4.69) is 19.1 Å². The van der Waals surface area contributed by atoms with Crippen LogP contribution >= 0.6 is 11.6 Å². The average Bonchev–Trinajstić information content (AvgIpc) is 2.47. The van der Waals surface area contributed by atoms with Gasteiger partial charge in [0.15, 0.2) is 6.29 Å². The molecular formula is C17H25ClO2. The molecule has 1 saturated heterocycles. The first-order chi connectivity index (χ1) is 9.78. The molecular weight excluding hydrogens is 272 g/mol. The third-order valence-electron chi connectivity index (χ3n) is 3.80. The molecule has 0 bridgehead atoms. The summed E-state index contributed by atoms with van der Waals surface area (Å²) in [6, 6.07) is 8.12. The Morgan fingerprint density at radius 2 is 1.75 bits per heavy atom. The van der Waals surface area contributed by atoms with E-state index in [9.17, 15) is 0 Å². The van der Waals surface area contributed by atoms with Crippen molar-refractivity contribution in [2.75, 3.05) is 13.2 Å². The molecule has 2 rings (SSSR count). The van der Waals surface area contributed by atoms with Crippen molar-refractivity contribution in [2.24, 2.45) is 5.92 Å². The fraction of sp³-hybridized carbons (Fsp3) is 0.647. The molecule has 0 N–H and O–H groups in total. The van der Waals surface area contributed by atoms with Gasteiger partial charge in [-0.25, -0.2) is 0 Å². The molecule has 0 aromatic heterocycles. The fourth-order valence-electron chi connectivity index (χ4n) is 2.62. The third kappa shape index (κ3) is 5.43. The van der Waals surface area contributed by atoms with Gasteiger partial charge in [-0.2, -0.15) is 0 Å². The number of benzene rings is 1. The van der Waals surface area contributed by atoms with Gasteiger partial charge in [0.1, 0.15) is 0 Å². The summed E-state index contributed by atoms with van der Waals surface area (Å²) in [5, 5.41) is 0.805. The SMILES string of the molecule is CCCC1COC(CCCCc2ccc(Cl)cc2)OC1. The quantitative estimate of drug-likeness (QED) is 0.670. The second-order valence-corrected chi connectivity index (χ2v) is 6.06. The van der Waals surface area contributed by atoms with Crippen LogP contribution in [0.15, 0.2) is 24.3 Å². The van der Waals surface area contributed by atoms with E-state index in [0.29, 0.717) is 5.92 Å². The molecule has 2 nitrogen and oxygen atoms in total. The minimum atomic E-state index is 0.0216. The summed E-state index contributed by atoms with van der Waals surface area (Å²) in [7, 11) is 0. The summed E-state index contributed by atoms with van der Waals surface area (Å²) >= 11 is 5.88. The first-order valence-corrected chi connectivity index (χ1v) is 8.13. The van der Waals surface area contributed by atoms with Crippen LogP contribution in [-0.4, -0.2) is 19.5 Å². The Balaban J connectivity index is 1.56. The van der Waals surface area contributed by atoms with Crippen LogP contribution in [0.2, 0.25) is 5.02 Å². The molecule has 0 spiro atoms. The molecule has 20 heavy (non-hydrogen) atoms. The molecule has 1 heterocycles. The molecule has 1 aromatic rings. The summed E-state index contributed by atoms with van der Waals surface area (Å²) in [6.45, 7) is 3.95. The average molecular weight is 297 g/mol. The monoisotopic (exact) mass is 296 g/mol. The van der Waals surface area contributed by atoms with Gasteiger partial charge in [-0.15, -0.1) is 0 Å². The Hall–Kier alpha value is -0.570. The number of hydrogen-bond acceptors (Lipinski definition) is 2. The lowest BCUT2D eigenvalue weighted by molar-refractivity contribution is -0.204. The maximum atomic E-state index is 5.88. The van der Waals surface area contributed by atoms with Gasteiger partial charge in [0.2, 0.25) is 0 Å². The highest BCUT2D eigenvalue weighted by atomic mass is 35.5. The Labute approximate surface area is 127 Å². The minimum absolute atomic E-state index is 0.0216. The summed E-state index contributed by atoms with van der Waals surface area (Å²) in [5.41, 5.74) is 1.35. The van der Waals surface area contributed by atoms with E-state index in [1.54, 1.807) is 0 Å². The van der Waals surface area contributed by atoms with Crippen molar-refractivity contribution >= 4 is 11.6 Å². The van der Waals surface area contributed by atoms with E-state index in [1.165, 1.54) is 24.8 Å². The Kier molecular flexibility index (Phi) is 6.85. The molecule has 0 amide bonds. The minimum Gasteiger partial charge on any atom is -0.352 e. The predicted octanol–water partition coefficient (Wildman–Crippen LogP) is 4.84. The molecule has 1 aromatic carbocycles. The number of hydrogen-bond donors (Lipinski definition) is 0. The zero-order valence-electron chi connectivity index (χ0n) is 12.3. The van der Waals surface area contributed by atoms with Crippen LogP contribution in [-0.2, 0) is 15.9 Å². The number of unbranched alkanes of at least 4 members (excludes halogenated alkanes) is 1. The van der Waals surface area contributed by atoms with Crippen LogP contribution in [0.4, 0.5) is 0 Å². The van der Waals surface area contributed by atoms with E-state index < -0.39 is 0 Å². The van der Waals surface area contributed by atoms with Crippen LogP contribution in [0.5, 0.6) is 0 Å². The first-order valence-electron chi connectivity index (χ1n) is 7.75. The highest BCUT2D eigenvalue weighted by Gasteiger charge is 2.20. The van der Waals surface area contributed by atoms with Crippen LogP contribution < -0.4 is 0 Å². The summed E-state index contributed by atoms with van der Waals surface area (Å²) in [6.07, 6.45) is 6.87. The first kappa shape index (κ1) is 15.8. The number of aryl methyl sites for hydroxylation is 1. The Morgan fingerprint density at radius 3 is 2.40 bits per heavy atom. The second kappa shape index (κ2) is 8.66. The number of halogens is 1. The standard InChI is InChI=1S/C17H25ClO2/c1-2-5-15-12-19-17(20-13-15)7-4-3-6-14-8-10-16(18)11-9-14/h8-11,15,17H,2-7,12-13H2,1H3. The van der Waals surface area contributed by atoms with Gasteiger partial charge in [-0.05, 0) is 49.8 Å². The lowest BCUT2D eigenvalue weighted by Crippen LogP contribution is -2.31. The van der Waals surface area contributed by atoms with Gasteiger partial charge < -0.3 is 9.47 Å². The van der Waals surface area contributed by atoms with Crippen molar-refractivity contribution in [3.63, 3.8) is 0 Å². The lowest BCUT2D eigenvalue weighted by atomic mass is 10.0. The van der Waals surface area contributed by atoms with Gasteiger partial charge in [0, 0.05) is 10.9 Å². The molecule has 0 unspecified atom stereocenters. The Morgan fingerprint density at radius 1 is 1.05 bits per heavy atom. The molecule has 1 aliphatic rings. The number of ether oxygens (including phenoxy) is 2.